The maximum absolute atomic E-state index is 12.3. The molecule has 4 rings (SSSR count). The van der Waals surface area contributed by atoms with Crippen molar-refractivity contribution in [3.63, 3.8) is 0 Å². The number of carbonyl (C=O) groups excluding carboxylic acids is 2. The minimum atomic E-state index is -0.111. The van der Waals surface area contributed by atoms with Gasteiger partial charge in [0.2, 0.25) is 0 Å². The number of nitrogens with one attached hydrogen (secondary N) is 1. The molecule has 0 saturated carbocycles. The highest BCUT2D eigenvalue weighted by Gasteiger charge is 2.27. The summed E-state index contributed by atoms with van der Waals surface area (Å²) in [6, 6.07) is 6.89. The molecule has 158 valence electrons. The van der Waals surface area contributed by atoms with Gasteiger partial charge in [-0.05, 0) is 38.6 Å². The van der Waals surface area contributed by atoms with Crippen LogP contribution in [0.3, 0.4) is 0 Å². The fourth-order valence-electron chi connectivity index (χ4n) is 3.09. The van der Waals surface area contributed by atoms with E-state index in [1.165, 1.54) is 11.3 Å². The van der Waals surface area contributed by atoms with Gasteiger partial charge in [-0.25, -0.2) is 0 Å². The van der Waals surface area contributed by atoms with E-state index in [4.69, 9.17) is 11.5 Å². The second kappa shape index (κ2) is 9.06. The molecule has 3 aromatic rings. The highest BCUT2D eigenvalue weighted by molar-refractivity contribution is 7.21. The van der Waals surface area contributed by atoms with Crippen molar-refractivity contribution in [1.82, 2.24) is 20.4 Å². The summed E-state index contributed by atoms with van der Waals surface area (Å²) in [5, 5.41) is 12.1. The van der Waals surface area contributed by atoms with Crippen LogP contribution in [0, 0.1) is 13.8 Å². The first-order valence-corrected chi connectivity index (χ1v) is 10.1. The number of ether oxygens (including phenoxy) is 1. The average Bonchev–Trinajstić information content (AvgIpc) is 3.02. The number of fused-ring (bicyclic) bond motifs is 1. The first kappa shape index (κ1) is 21.5. The zero-order valence-electron chi connectivity index (χ0n) is 17.0. The number of aryl methyl sites for hydroxylation is 2. The third kappa shape index (κ3) is 4.66. The summed E-state index contributed by atoms with van der Waals surface area (Å²) in [6.45, 7) is 5.98. The maximum Gasteiger partial charge on any atom is 0.298 e. The number of nitrogens with zero attached hydrogens (tertiary/aromatic N) is 3. The number of carbonyl (C=O) groups is 2. The van der Waals surface area contributed by atoms with E-state index in [0.717, 1.165) is 34.6 Å². The monoisotopic (exact) mass is 428 g/mol. The number of benzene rings is 1. The van der Waals surface area contributed by atoms with Gasteiger partial charge in [0.05, 0.1) is 17.4 Å². The lowest BCUT2D eigenvalue weighted by molar-refractivity contribution is -0.120. The highest BCUT2D eigenvalue weighted by Crippen LogP contribution is 2.34. The van der Waals surface area contributed by atoms with Crippen molar-refractivity contribution in [2.24, 2.45) is 0 Å². The molecule has 2 aromatic heterocycles. The fraction of sp³-hybridized carbons (Fsp3) is 0.300. The summed E-state index contributed by atoms with van der Waals surface area (Å²) < 4.78 is 4.53. The fourth-order valence-corrected chi connectivity index (χ4v) is 4.10. The quantitative estimate of drug-likeness (QED) is 0.422. The molecule has 0 radical (unpaired) electrons. The molecule has 1 aliphatic rings. The lowest BCUT2D eigenvalue weighted by atomic mass is 10.1. The van der Waals surface area contributed by atoms with Crippen molar-refractivity contribution in [3.8, 4) is 5.75 Å². The molecule has 0 spiro atoms. The number of anilines is 2. The molecule has 30 heavy (non-hydrogen) atoms. The van der Waals surface area contributed by atoms with Crippen LogP contribution in [0.2, 0.25) is 0 Å². The summed E-state index contributed by atoms with van der Waals surface area (Å²) in [5.74, 6) is 0.357. The van der Waals surface area contributed by atoms with Crippen molar-refractivity contribution in [3.05, 3.63) is 40.4 Å². The van der Waals surface area contributed by atoms with Gasteiger partial charge in [0, 0.05) is 30.2 Å². The van der Waals surface area contributed by atoms with Crippen LogP contribution in [0.5, 0.6) is 5.75 Å². The van der Waals surface area contributed by atoms with E-state index in [9.17, 15) is 9.59 Å². The van der Waals surface area contributed by atoms with Crippen LogP contribution in [-0.2, 0) is 4.79 Å². The standard InChI is InChI=1S/C13H17N5OS.C7H7NO2/c1-6-7(2)16-17-13-9(6)10(14)11(20-13)12(19)15-8-4-18(3)5-8;8-6-2-1-3-7(4-6)10-5-9/h8H,4-5,14H2,1-3H3,(H,15,19);1-5H,8H2. The largest absolute Gasteiger partial charge is 0.429 e. The number of likely N-dealkylation sites (tertiary alicyclic amines) is 1. The summed E-state index contributed by atoms with van der Waals surface area (Å²) in [5.41, 5.74) is 14.5. The zero-order valence-corrected chi connectivity index (χ0v) is 17.8. The highest BCUT2D eigenvalue weighted by atomic mass is 32.1. The van der Waals surface area contributed by atoms with Gasteiger partial charge >= 0.3 is 0 Å². The first-order valence-electron chi connectivity index (χ1n) is 9.27. The molecule has 3 heterocycles. The predicted octanol–water partition coefficient (Wildman–Crippen LogP) is 1.74. The number of hydrogen-bond acceptors (Lipinski definition) is 9. The van der Waals surface area contributed by atoms with Gasteiger partial charge in [-0.15, -0.1) is 16.4 Å². The summed E-state index contributed by atoms with van der Waals surface area (Å²) >= 11 is 1.31. The maximum atomic E-state index is 12.3. The Morgan fingerprint density at radius 2 is 2.03 bits per heavy atom. The minimum Gasteiger partial charge on any atom is -0.429 e. The third-order valence-electron chi connectivity index (χ3n) is 4.78. The van der Waals surface area contributed by atoms with E-state index in [1.54, 1.807) is 24.3 Å². The average molecular weight is 429 g/mol. The van der Waals surface area contributed by atoms with Gasteiger partial charge < -0.3 is 26.4 Å². The van der Waals surface area contributed by atoms with Crippen molar-refractivity contribution in [1.29, 1.82) is 0 Å². The second-order valence-corrected chi connectivity index (χ2v) is 8.11. The Morgan fingerprint density at radius 3 is 2.67 bits per heavy atom. The predicted molar refractivity (Wildman–Crippen MR) is 118 cm³/mol. The van der Waals surface area contributed by atoms with E-state index < -0.39 is 0 Å². The van der Waals surface area contributed by atoms with Crippen molar-refractivity contribution in [2.75, 3.05) is 31.6 Å². The molecule has 0 aliphatic carbocycles. The summed E-state index contributed by atoms with van der Waals surface area (Å²) in [6.07, 6.45) is 0. The molecule has 9 nitrogen and oxygen atoms in total. The third-order valence-corrected chi connectivity index (χ3v) is 5.87. The van der Waals surface area contributed by atoms with E-state index in [2.05, 4.69) is 25.2 Å². The van der Waals surface area contributed by atoms with Gasteiger partial charge in [-0.3, -0.25) is 9.59 Å². The molecule has 5 N–H and O–H groups in total. The first-order chi connectivity index (χ1) is 14.3. The van der Waals surface area contributed by atoms with Crippen LogP contribution in [-0.4, -0.2) is 53.7 Å². The van der Waals surface area contributed by atoms with E-state index in [-0.39, 0.29) is 11.9 Å². The number of likely N-dealkylation sites (N-methyl/N-ethyl adjacent to an activating group) is 1. The number of thiophene rings is 1. The van der Waals surface area contributed by atoms with Crippen molar-refractivity contribution in [2.45, 2.75) is 19.9 Å². The van der Waals surface area contributed by atoms with Gasteiger partial charge in [0.1, 0.15) is 15.5 Å². The van der Waals surface area contributed by atoms with Crippen molar-refractivity contribution >= 4 is 45.3 Å². The number of rotatable bonds is 4. The molecular formula is C20H24N6O3S. The molecule has 0 bridgehead atoms. The molecule has 1 aliphatic heterocycles. The van der Waals surface area contributed by atoms with Gasteiger partial charge in [-0.1, -0.05) is 6.07 Å². The topological polar surface area (TPSA) is 136 Å². The lowest BCUT2D eigenvalue weighted by Gasteiger charge is -2.36. The van der Waals surface area contributed by atoms with Gasteiger partial charge in [0.25, 0.3) is 12.4 Å². The van der Waals surface area contributed by atoms with Crippen LogP contribution in [0.25, 0.3) is 10.2 Å². The van der Waals surface area contributed by atoms with Gasteiger partial charge in [0.15, 0.2) is 0 Å². The van der Waals surface area contributed by atoms with Crippen LogP contribution < -0.4 is 21.5 Å². The lowest BCUT2D eigenvalue weighted by Crippen LogP contribution is -2.57. The normalized spacial score (nSPS) is 13.8. The Hall–Kier alpha value is -3.24. The SMILES string of the molecule is Cc1nnc2sc(C(=O)NC3CN(C)C3)c(N)c2c1C.Nc1cccc(OC=O)c1. The molecule has 1 aromatic carbocycles. The number of aromatic nitrogens is 2. The number of nitrogen functional groups attached to an aromatic ring is 2. The molecule has 1 amide bonds. The Morgan fingerprint density at radius 1 is 1.30 bits per heavy atom. The van der Waals surface area contributed by atoms with E-state index in [1.807, 2.05) is 20.9 Å². The molecule has 10 heteroatoms. The van der Waals surface area contributed by atoms with Crippen LogP contribution in [0.1, 0.15) is 20.9 Å². The Balaban J connectivity index is 0.000000216. The summed E-state index contributed by atoms with van der Waals surface area (Å²) in [4.78, 5) is 25.5. The Bertz CT molecular complexity index is 1080. The minimum absolute atomic E-state index is 0.111. The molecule has 0 unspecified atom stereocenters. The molecule has 1 fully saturated rings. The van der Waals surface area contributed by atoms with Gasteiger partial charge in [-0.2, -0.15) is 5.10 Å². The van der Waals surface area contributed by atoms with E-state index >= 15 is 0 Å². The Kier molecular flexibility index (Phi) is 6.48. The smallest absolute Gasteiger partial charge is 0.298 e. The number of nitrogens with two attached hydrogens (primary N) is 2. The second-order valence-electron chi connectivity index (χ2n) is 7.11. The van der Waals surface area contributed by atoms with E-state index in [0.29, 0.717) is 28.5 Å². The number of amides is 1. The molecule has 0 atom stereocenters. The van der Waals surface area contributed by atoms with Crippen LogP contribution >= 0.6 is 11.3 Å². The number of hydrogen-bond donors (Lipinski definition) is 3. The van der Waals surface area contributed by atoms with Crippen molar-refractivity contribution < 1.29 is 14.3 Å². The Labute approximate surface area is 178 Å². The molecular weight excluding hydrogens is 404 g/mol. The molecule has 1 saturated heterocycles. The van der Waals surface area contributed by atoms with Crippen LogP contribution in [0.4, 0.5) is 11.4 Å². The zero-order chi connectivity index (χ0) is 21.8. The summed E-state index contributed by atoms with van der Waals surface area (Å²) in [7, 11) is 2.03. The van der Waals surface area contributed by atoms with Crippen LogP contribution in [0.15, 0.2) is 24.3 Å².